The summed E-state index contributed by atoms with van der Waals surface area (Å²) in [5.74, 6) is -0.928. The highest BCUT2D eigenvalue weighted by Gasteiger charge is 2.19. The summed E-state index contributed by atoms with van der Waals surface area (Å²) in [5, 5.41) is 8.63. The fraction of sp³-hybridized carbons (Fsp3) is 0.417. The van der Waals surface area contributed by atoms with E-state index in [9.17, 15) is 13.2 Å². The second-order valence-electron chi connectivity index (χ2n) is 5.22. The molecule has 3 N–H and O–H groups in total. The van der Waals surface area contributed by atoms with Crippen LogP contribution in [-0.4, -0.2) is 25.0 Å². The minimum absolute atomic E-state index is 0.0900. The fourth-order valence-corrected chi connectivity index (χ4v) is 2.75. The maximum absolute atomic E-state index is 11.8. The van der Waals surface area contributed by atoms with Crippen LogP contribution in [0.1, 0.15) is 26.3 Å². The van der Waals surface area contributed by atoms with Gasteiger partial charge in [0.05, 0.1) is 6.42 Å². The lowest BCUT2D eigenvalue weighted by atomic mass is 10.1. The van der Waals surface area contributed by atoms with Gasteiger partial charge in [0.25, 0.3) is 10.2 Å². The molecule has 0 aliphatic carbocycles. The van der Waals surface area contributed by atoms with E-state index < -0.39 is 21.7 Å². The number of hydrogen-bond acceptors (Lipinski definition) is 3. The fourth-order valence-electron chi connectivity index (χ4n) is 1.45. The monoisotopic (exact) mass is 286 g/mol. The smallest absolute Gasteiger partial charge is 0.307 e. The van der Waals surface area contributed by atoms with Gasteiger partial charge >= 0.3 is 5.97 Å². The normalized spacial score (nSPS) is 12.2. The SMILES string of the molecule is CC(C)(C)NS(=O)(=O)Nc1ccc(CC(=O)O)cc1. The quantitative estimate of drug-likeness (QED) is 0.761. The molecule has 0 unspecified atom stereocenters. The van der Waals surface area contributed by atoms with Crippen LogP contribution in [0.25, 0.3) is 0 Å². The molecule has 0 heterocycles. The Bertz CT molecular complexity index is 544. The lowest BCUT2D eigenvalue weighted by Crippen LogP contribution is -2.43. The first-order valence-electron chi connectivity index (χ1n) is 5.70. The average molecular weight is 286 g/mol. The number of carboxylic acids is 1. The summed E-state index contributed by atoms with van der Waals surface area (Å²) in [6.45, 7) is 5.21. The number of carboxylic acid groups (broad SMARTS) is 1. The lowest BCUT2D eigenvalue weighted by Gasteiger charge is -2.20. The molecule has 0 spiro atoms. The van der Waals surface area contributed by atoms with Crippen molar-refractivity contribution in [2.75, 3.05) is 4.72 Å². The van der Waals surface area contributed by atoms with Crippen LogP contribution < -0.4 is 9.44 Å². The van der Waals surface area contributed by atoms with Gasteiger partial charge in [0.1, 0.15) is 0 Å². The van der Waals surface area contributed by atoms with Crippen molar-refractivity contribution in [1.29, 1.82) is 0 Å². The van der Waals surface area contributed by atoms with Crippen molar-refractivity contribution in [2.45, 2.75) is 32.7 Å². The van der Waals surface area contributed by atoms with Crippen LogP contribution in [0.3, 0.4) is 0 Å². The Labute approximate surface area is 113 Å². The van der Waals surface area contributed by atoms with E-state index in [1.165, 1.54) is 12.1 Å². The number of benzene rings is 1. The van der Waals surface area contributed by atoms with Crippen LogP contribution in [0.15, 0.2) is 24.3 Å². The molecule has 1 aromatic rings. The molecule has 19 heavy (non-hydrogen) atoms. The average Bonchev–Trinajstić information content (AvgIpc) is 2.15. The molecule has 6 nitrogen and oxygen atoms in total. The second kappa shape index (κ2) is 5.58. The molecule has 0 aliphatic heterocycles. The van der Waals surface area contributed by atoms with Crippen LogP contribution in [0, 0.1) is 0 Å². The molecule has 106 valence electrons. The first-order valence-corrected chi connectivity index (χ1v) is 7.18. The number of aliphatic carboxylic acids is 1. The minimum Gasteiger partial charge on any atom is -0.481 e. The zero-order valence-corrected chi connectivity index (χ0v) is 11.9. The Kier molecular flexibility index (Phi) is 4.54. The van der Waals surface area contributed by atoms with E-state index in [-0.39, 0.29) is 6.42 Å². The van der Waals surface area contributed by atoms with Gasteiger partial charge in [0, 0.05) is 11.2 Å². The van der Waals surface area contributed by atoms with Gasteiger partial charge in [0.2, 0.25) is 0 Å². The van der Waals surface area contributed by atoms with Gasteiger partial charge in [-0.05, 0) is 38.5 Å². The van der Waals surface area contributed by atoms with Gasteiger partial charge in [-0.15, -0.1) is 0 Å². The zero-order chi connectivity index (χ0) is 14.7. The topological polar surface area (TPSA) is 95.5 Å². The van der Waals surface area contributed by atoms with Crippen molar-refractivity contribution in [3.8, 4) is 0 Å². The first-order chi connectivity index (χ1) is 8.57. The van der Waals surface area contributed by atoms with E-state index in [0.717, 1.165) is 0 Å². The third-order valence-corrected chi connectivity index (χ3v) is 3.39. The lowest BCUT2D eigenvalue weighted by molar-refractivity contribution is -0.136. The molecule has 1 aromatic carbocycles. The highest BCUT2D eigenvalue weighted by Crippen LogP contribution is 2.12. The summed E-state index contributed by atoms with van der Waals surface area (Å²) in [7, 11) is -3.64. The highest BCUT2D eigenvalue weighted by molar-refractivity contribution is 7.90. The summed E-state index contributed by atoms with van der Waals surface area (Å²) in [6, 6.07) is 6.20. The second-order valence-corrected chi connectivity index (χ2v) is 6.64. The molecule has 0 amide bonds. The Hall–Kier alpha value is -1.60. The Balaban J connectivity index is 2.75. The molecule has 0 saturated heterocycles. The van der Waals surface area contributed by atoms with E-state index >= 15 is 0 Å². The molecule has 0 aromatic heterocycles. The first kappa shape index (κ1) is 15.5. The molecule has 0 saturated carbocycles. The van der Waals surface area contributed by atoms with Gasteiger partial charge in [-0.25, -0.2) is 0 Å². The predicted molar refractivity (Wildman–Crippen MR) is 73.2 cm³/mol. The number of carbonyl (C=O) groups is 1. The van der Waals surface area contributed by atoms with Crippen molar-refractivity contribution in [2.24, 2.45) is 0 Å². The third-order valence-electron chi connectivity index (χ3n) is 2.00. The van der Waals surface area contributed by atoms with Gasteiger partial charge in [-0.1, -0.05) is 12.1 Å². The number of hydrogen-bond donors (Lipinski definition) is 3. The molecular weight excluding hydrogens is 268 g/mol. The van der Waals surface area contributed by atoms with Gasteiger partial charge in [-0.2, -0.15) is 13.1 Å². The summed E-state index contributed by atoms with van der Waals surface area (Å²) >= 11 is 0. The van der Waals surface area contributed by atoms with Gasteiger partial charge in [-0.3, -0.25) is 9.52 Å². The van der Waals surface area contributed by atoms with Crippen molar-refractivity contribution in [3.05, 3.63) is 29.8 Å². The molecule has 0 fully saturated rings. The minimum atomic E-state index is -3.64. The summed E-state index contributed by atoms with van der Waals surface area (Å²) in [4.78, 5) is 10.5. The Morgan fingerprint density at radius 1 is 1.21 bits per heavy atom. The number of rotatable bonds is 5. The summed E-state index contributed by atoms with van der Waals surface area (Å²) < 4.78 is 28.4. The van der Waals surface area contributed by atoms with Crippen LogP contribution in [0.5, 0.6) is 0 Å². The standard InChI is InChI=1S/C12H18N2O4S/c1-12(2,3)14-19(17,18)13-10-6-4-9(5-7-10)8-11(15)16/h4-7,13-14H,8H2,1-3H3,(H,15,16). The molecule has 0 aliphatic rings. The van der Waals surface area contributed by atoms with Gasteiger partial charge < -0.3 is 5.11 Å². The number of nitrogens with one attached hydrogen (secondary N) is 2. The van der Waals surface area contributed by atoms with Crippen molar-refractivity contribution < 1.29 is 18.3 Å². The molecule has 1 rings (SSSR count). The van der Waals surface area contributed by atoms with Gasteiger partial charge in [0.15, 0.2) is 0 Å². The molecule has 0 atom stereocenters. The predicted octanol–water partition coefficient (Wildman–Crippen LogP) is 1.36. The van der Waals surface area contributed by atoms with Crippen molar-refractivity contribution in [3.63, 3.8) is 0 Å². The van der Waals surface area contributed by atoms with E-state index in [2.05, 4.69) is 9.44 Å². The number of anilines is 1. The summed E-state index contributed by atoms with van der Waals surface area (Å²) in [6.07, 6.45) is -0.0900. The largest absolute Gasteiger partial charge is 0.481 e. The van der Waals surface area contributed by atoms with E-state index in [1.54, 1.807) is 32.9 Å². The van der Waals surface area contributed by atoms with Crippen LogP contribution in [0.4, 0.5) is 5.69 Å². The third kappa shape index (κ3) is 6.21. The summed E-state index contributed by atoms with van der Waals surface area (Å²) in [5.41, 5.74) is 0.417. The highest BCUT2D eigenvalue weighted by atomic mass is 32.2. The van der Waals surface area contributed by atoms with Crippen molar-refractivity contribution >= 4 is 21.9 Å². The molecule has 0 bridgehead atoms. The maximum Gasteiger partial charge on any atom is 0.307 e. The zero-order valence-electron chi connectivity index (χ0n) is 11.1. The van der Waals surface area contributed by atoms with E-state index in [4.69, 9.17) is 5.11 Å². The van der Waals surface area contributed by atoms with Crippen LogP contribution in [-0.2, 0) is 21.4 Å². The molecule has 0 radical (unpaired) electrons. The van der Waals surface area contributed by atoms with Crippen LogP contribution >= 0.6 is 0 Å². The molecule has 7 heteroatoms. The maximum atomic E-state index is 11.8. The Morgan fingerprint density at radius 2 is 1.74 bits per heavy atom. The van der Waals surface area contributed by atoms with E-state index in [0.29, 0.717) is 11.3 Å². The Morgan fingerprint density at radius 3 is 2.16 bits per heavy atom. The van der Waals surface area contributed by atoms with Crippen LogP contribution in [0.2, 0.25) is 0 Å². The van der Waals surface area contributed by atoms with E-state index in [1.807, 2.05) is 0 Å². The van der Waals surface area contributed by atoms with Crippen molar-refractivity contribution in [1.82, 2.24) is 4.72 Å². The molecular formula is C12H18N2O4S.